The zero-order chi connectivity index (χ0) is 17.1. The highest BCUT2D eigenvalue weighted by molar-refractivity contribution is 6.00. The minimum Gasteiger partial charge on any atom is -0.497 e. The van der Waals surface area contributed by atoms with Crippen LogP contribution in [-0.4, -0.2) is 12.1 Å². The fourth-order valence-corrected chi connectivity index (χ4v) is 2.96. The van der Waals surface area contributed by atoms with E-state index in [0.717, 1.165) is 39.2 Å². The number of nitrogens with zero attached hydrogens (tertiary/aromatic N) is 1. The summed E-state index contributed by atoms with van der Waals surface area (Å²) in [5, 5.41) is 4.66. The fraction of sp³-hybridized carbons (Fsp3) is 0.0455. The van der Waals surface area contributed by atoms with E-state index in [2.05, 4.69) is 28.5 Å². The van der Waals surface area contributed by atoms with Crippen LogP contribution in [0.4, 0.5) is 11.4 Å². The second-order valence-electron chi connectivity index (χ2n) is 5.79. The average molecular weight is 326 g/mol. The number of nitrogens with one attached hydrogen (secondary N) is 1. The van der Waals surface area contributed by atoms with E-state index >= 15 is 0 Å². The molecule has 0 amide bonds. The summed E-state index contributed by atoms with van der Waals surface area (Å²) >= 11 is 0. The van der Waals surface area contributed by atoms with Gasteiger partial charge in [0, 0.05) is 28.9 Å². The molecule has 0 atom stereocenters. The first-order chi connectivity index (χ1) is 12.3. The number of hydrogen-bond acceptors (Lipinski definition) is 3. The van der Waals surface area contributed by atoms with Crippen LogP contribution in [-0.2, 0) is 0 Å². The topological polar surface area (TPSA) is 34.1 Å². The third kappa shape index (κ3) is 3.04. The molecule has 0 bridgehead atoms. The maximum Gasteiger partial charge on any atom is 0.120 e. The summed E-state index contributed by atoms with van der Waals surface area (Å²) in [6.07, 6.45) is 1.93. The highest BCUT2D eigenvalue weighted by atomic mass is 16.5. The standard InChI is InChI=1S/C22H18N2O/c1-25-18-11-7-10-17(14-18)24-22-19-12-5-6-13-21(19)23-15-20(22)16-8-3-2-4-9-16/h2-15H,1H3,(H,23,24). The first-order valence-corrected chi connectivity index (χ1v) is 8.19. The van der Waals surface area contributed by atoms with Crippen LogP contribution in [0.25, 0.3) is 22.0 Å². The Morgan fingerprint density at radius 1 is 0.840 bits per heavy atom. The lowest BCUT2D eigenvalue weighted by Crippen LogP contribution is -1.97. The van der Waals surface area contributed by atoms with Crippen molar-refractivity contribution in [2.75, 3.05) is 12.4 Å². The van der Waals surface area contributed by atoms with Gasteiger partial charge in [-0.2, -0.15) is 0 Å². The number of methoxy groups -OCH3 is 1. The molecule has 0 spiro atoms. The summed E-state index contributed by atoms with van der Waals surface area (Å²) in [7, 11) is 1.68. The molecule has 0 aliphatic carbocycles. The Labute approximate surface area is 146 Å². The predicted molar refractivity (Wildman–Crippen MR) is 103 cm³/mol. The van der Waals surface area contributed by atoms with Gasteiger partial charge in [-0.1, -0.05) is 54.6 Å². The molecule has 0 aliphatic heterocycles. The van der Waals surface area contributed by atoms with E-state index in [1.54, 1.807) is 7.11 Å². The molecule has 0 radical (unpaired) electrons. The zero-order valence-corrected chi connectivity index (χ0v) is 13.9. The van der Waals surface area contributed by atoms with E-state index in [9.17, 15) is 0 Å². The van der Waals surface area contributed by atoms with Crippen molar-refractivity contribution in [2.45, 2.75) is 0 Å². The molecular formula is C22H18N2O. The number of fused-ring (bicyclic) bond motifs is 1. The van der Waals surface area contributed by atoms with Crippen LogP contribution in [0.3, 0.4) is 0 Å². The second-order valence-corrected chi connectivity index (χ2v) is 5.79. The lowest BCUT2D eigenvalue weighted by molar-refractivity contribution is 0.415. The zero-order valence-electron chi connectivity index (χ0n) is 13.9. The molecule has 3 nitrogen and oxygen atoms in total. The van der Waals surface area contributed by atoms with Crippen molar-refractivity contribution in [1.82, 2.24) is 4.98 Å². The maximum atomic E-state index is 5.34. The number of aromatic nitrogens is 1. The molecule has 0 aliphatic rings. The summed E-state index contributed by atoms with van der Waals surface area (Å²) in [6.45, 7) is 0. The van der Waals surface area contributed by atoms with Crippen molar-refractivity contribution < 1.29 is 4.74 Å². The van der Waals surface area contributed by atoms with Crippen LogP contribution in [0.15, 0.2) is 85.1 Å². The molecule has 3 aromatic carbocycles. The van der Waals surface area contributed by atoms with Gasteiger partial charge in [-0.15, -0.1) is 0 Å². The Morgan fingerprint density at radius 3 is 2.48 bits per heavy atom. The van der Waals surface area contributed by atoms with Crippen molar-refractivity contribution in [3.05, 3.63) is 85.1 Å². The molecule has 122 valence electrons. The van der Waals surface area contributed by atoms with Crippen LogP contribution in [0.5, 0.6) is 5.75 Å². The third-order valence-electron chi connectivity index (χ3n) is 4.20. The SMILES string of the molecule is COc1cccc(Nc2c(-c3ccccc3)cnc3ccccc23)c1. The van der Waals surface area contributed by atoms with Gasteiger partial charge >= 0.3 is 0 Å². The van der Waals surface area contributed by atoms with Gasteiger partial charge < -0.3 is 10.1 Å². The molecule has 0 saturated heterocycles. The number of rotatable bonds is 4. The van der Waals surface area contributed by atoms with E-state index in [-0.39, 0.29) is 0 Å². The molecule has 4 aromatic rings. The number of para-hydroxylation sites is 1. The van der Waals surface area contributed by atoms with E-state index in [1.807, 2.05) is 66.9 Å². The molecule has 4 rings (SSSR count). The third-order valence-corrected chi connectivity index (χ3v) is 4.20. The Bertz CT molecular complexity index is 1010. The number of benzene rings is 3. The van der Waals surface area contributed by atoms with E-state index in [1.165, 1.54) is 0 Å². The second kappa shape index (κ2) is 6.65. The van der Waals surface area contributed by atoms with Crippen molar-refractivity contribution in [3.63, 3.8) is 0 Å². The molecule has 1 aromatic heterocycles. The smallest absolute Gasteiger partial charge is 0.120 e. The number of anilines is 2. The van der Waals surface area contributed by atoms with E-state index in [4.69, 9.17) is 4.74 Å². The Morgan fingerprint density at radius 2 is 1.64 bits per heavy atom. The minimum absolute atomic E-state index is 0.824. The van der Waals surface area contributed by atoms with Gasteiger partial charge in [-0.3, -0.25) is 4.98 Å². The van der Waals surface area contributed by atoms with Crippen LogP contribution in [0.1, 0.15) is 0 Å². The monoisotopic (exact) mass is 326 g/mol. The van der Waals surface area contributed by atoms with Crippen LogP contribution in [0, 0.1) is 0 Å². The molecule has 3 heteroatoms. The average Bonchev–Trinajstić information content (AvgIpc) is 2.69. The number of pyridine rings is 1. The lowest BCUT2D eigenvalue weighted by Gasteiger charge is -2.15. The van der Waals surface area contributed by atoms with Gasteiger partial charge in [0.25, 0.3) is 0 Å². The van der Waals surface area contributed by atoms with Gasteiger partial charge in [-0.25, -0.2) is 0 Å². The normalized spacial score (nSPS) is 10.6. The fourth-order valence-electron chi connectivity index (χ4n) is 2.96. The predicted octanol–water partition coefficient (Wildman–Crippen LogP) is 5.65. The highest BCUT2D eigenvalue weighted by Gasteiger charge is 2.11. The summed E-state index contributed by atoms with van der Waals surface area (Å²) < 4.78 is 5.34. The molecule has 1 heterocycles. The van der Waals surface area contributed by atoms with Gasteiger partial charge in [0.2, 0.25) is 0 Å². The van der Waals surface area contributed by atoms with Crippen molar-refractivity contribution in [1.29, 1.82) is 0 Å². The van der Waals surface area contributed by atoms with E-state index < -0.39 is 0 Å². The van der Waals surface area contributed by atoms with Crippen LogP contribution >= 0.6 is 0 Å². The van der Waals surface area contributed by atoms with Crippen LogP contribution in [0.2, 0.25) is 0 Å². The summed E-state index contributed by atoms with van der Waals surface area (Å²) in [6, 6.07) is 26.4. The highest BCUT2D eigenvalue weighted by Crippen LogP contribution is 2.36. The van der Waals surface area contributed by atoms with Gasteiger partial charge in [-0.05, 0) is 23.8 Å². The largest absolute Gasteiger partial charge is 0.497 e. The van der Waals surface area contributed by atoms with Crippen LogP contribution < -0.4 is 10.1 Å². The van der Waals surface area contributed by atoms with Gasteiger partial charge in [0.05, 0.1) is 18.3 Å². The molecule has 0 unspecified atom stereocenters. The first kappa shape index (κ1) is 15.2. The number of ether oxygens (including phenoxy) is 1. The molecule has 25 heavy (non-hydrogen) atoms. The van der Waals surface area contributed by atoms with Gasteiger partial charge in [0.1, 0.15) is 5.75 Å². The van der Waals surface area contributed by atoms with Gasteiger partial charge in [0.15, 0.2) is 0 Å². The van der Waals surface area contributed by atoms with Crippen molar-refractivity contribution in [2.24, 2.45) is 0 Å². The number of hydrogen-bond donors (Lipinski definition) is 1. The first-order valence-electron chi connectivity index (χ1n) is 8.19. The molecule has 0 fully saturated rings. The van der Waals surface area contributed by atoms with E-state index in [0.29, 0.717) is 0 Å². The Balaban J connectivity index is 1.90. The summed E-state index contributed by atoms with van der Waals surface area (Å²) in [5.74, 6) is 0.824. The van der Waals surface area contributed by atoms with Crippen molar-refractivity contribution in [3.8, 4) is 16.9 Å². The summed E-state index contributed by atoms with van der Waals surface area (Å²) in [5.41, 5.74) is 5.19. The molecule has 0 saturated carbocycles. The Hall–Kier alpha value is -3.33. The maximum absolute atomic E-state index is 5.34. The Kier molecular flexibility index (Phi) is 4.05. The molecular weight excluding hydrogens is 308 g/mol. The lowest BCUT2D eigenvalue weighted by atomic mass is 10.0. The minimum atomic E-state index is 0.824. The molecule has 1 N–H and O–H groups in total. The summed E-state index contributed by atoms with van der Waals surface area (Å²) in [4.78, 5) is 4.63. The quantitative estimate of drug-likeness (QED) is 0.526. The van der Waals surface area contributed by atoms with Crippen molar-refractivity contribution >= 4 is 22.3 Å².